The first kappa shape index (κ1) is 15.3. The van der Waals surface area contributed by atoms with Crippen molar-refractivity contribution in [3.05, 3.63) is 18.1 Å². The van der Waals surface area contributed by atoms with Crippen molar-refractivity contribution in [2.75, 3.05) is 31.1 Å². The maximum absolute atomic E-state index is 12.4. The van der Waals surface area contributed by atoms with Crippen molar-refractivity contribution in [2.24, 2.45) is 5.92 Å². The van der Waals surface area contributed by atoms with E-state index < -0.39 is 0 Å². The molecule has 2 aliphatic rings. The van der Waals surface area contributed by atoms with Crippen LogP contribution in [0.3, 0.4) is 0 Å². The normalized spacial score (nSPS) is 20.0. The van der Waals surface area contributed by atoms with Gasteiger partial charge in [0.2, 0.25) is 5.91 Å². The molecule has 0 saturated carbocycles. The lowest BCUT2D eigenvalue weighted by atomic mass is 9.95. The van der Waals surface area contributed by atoms with E-state index in [-0.39, 0.29) is 11.3 Å². The molecule has 0 aromatic carbocycles. The molecule has 5 heteroatoms. The summed E-state index contributed by atoms with van der Waals surface area (Å²) in [5.41, 5.74) is -0.0517. The number of nitrogens with zero attached hydrogens (tertiary/aromatic N) is 4. The van der Waals surface area contributed by atoms with Gasteiger partial charge in [-0.1, -0.05) is 20.8 Å². The maximum atomic E-state index is 12.4. The molecule has 2 saturated heterocycles. The third-order valence-electron chi connectivity index (χ3n) is 4.53. The minimum absolute atomic E-state index is 0.0517. The Kier molecular flexibility index (Phi) is 4.06. The van der Waals surface area contributed by atoms with Gasteiger partial charge in [0.25, 0.3) is 0 Å². The number of aromatic nitrogens is 2. The smallest absolute Gasteiger partial charge is 0.229 e. The second-order valence-corrected chi connectivity index (χ2v) is 7.48. The molecule has 120 valence electrons. The van der Waals surface area contributed by atoms with Crippen molar-refractivity contribution in [1.29, 1.82) is 0 Å². The molecule has 2 aliphatic heterocycles. The van der Waals surface area contributed by atoms with Gasteiger partial charge in [-0.25, -0.2) is 9.97 Å². The van der Waals surface area contributed by atoms with Crippen LogP contribution in [0.4, 0.5) is 5.82 Å². The summed E-state index contributed by atoms with van der Waals surface area (Å²) < 4.78 is 0. The van der Waals surface area contributed by atoms with E-state index >= 15 is 0 Å². The number of anilines is 1. The molecule has 22 heavy (non-hydrogen) atoms. The molecule has 0 radical (unpaired) electrons. The fraction of sp³-hybridized carbons (Fsp3) is 0.706. The van der Waals surface area contributed by atoms with Crippen molar-refractivity contribution in [1.82, 2.24) is 14.9 Å². The van der Waals surface area contributed by atoms with E-state index in [1.807, 2.05) is 17.2 Å². The second-order valence-electron chi connectivity index (χ2n) is 7.48. The third-order valence-corrected chi connectivity index (χ3v) is 4.53. The summed E-state index contributed by atoms with van der Waals surface area (Å²) in [4.78, 5) is 25.7. The Hall–Kier alpha value is -1.65. The van der Waals surface area contributed by atoms with E-state index in [1.165, 1.54) is 6.42 Å². The van der Waals surface area contributed by atoms with E-state index in [0.29, 0.717) is 5.91 Å². The Morgan fingerprint density at radius 3 is 2.50 bits per heavy atom. The fourth-order valence-electron chi connectivity index (χ4n) is 3.08. The quantitative estimate of drug-likeness (QED) is 0.840. The molecule has 1 aromatic rings. The summed E-state index contributed by atoms with van der Waals surface area (Å²) in [5.74, 6) is 2.28. The van der Waals surface area contributed by atoms with Crippen molar-refractivity contribution < 1.29 is 4.79 Å². The number of piperidine rings is 1. The largest absolute Gasteiger partial charge is 0.355 e. The van der Waals surface area contributed by atoms with Gasteiger partial charge in [0.1, 0.15) is 11.6 Å². The monoisotopic (exact) mass is 302 g/mol. The summed E-state index contributed by atoms with van der Waals surface area (Å²) in [6.07, 6.45) is 5.39. The molecule has 3 rings (SSSR count). The lowest BCUT2D eigenvalue weighted by molar-refractivity contribution is -0.137. The summed E-state index contributed by atoms with van der Waals surface area (Å²) in [6.45, 7) is 9.81. The highest BCUT2D eigenvalue weighted by Gasteiger charge is 2.36. The first-order valence-electron chi connectivity index (χ1n) is 8.32. The highest BCUT2D eigenvalue weighted by molar-refractivity contribution is 5.82. The molecule has 5 nitrogen and oxygen atoms in total. The van der Waals surface area contributed by atoms with E-state index in [9.17, 15) is 4.79 Å². The van der Waals surface area contributed by atoms with Crippen LogP contribution in [-0.2, 0) is 10.2 Å². The van der Waals surface area contributed by atoms with Crippen LogP contribution in [0.1, 0.15) is 45.9 Å². The van der Waals surface area contributed by atoms with Gasteiger partial charge in [-0.05, 0) is 25.3 Å². The van der Waals surface area contributed by atoms with Gasteiger partial charge in [-0.15, -0.1) is 0 Å². The van der Waals surface area contributed by atoms with E-state index in [4.69, 9.17) is 0 Å². The minimum Gasteiger partial charge on any atom is -0.355 e. The SMILES string of the molecule is CC(C)(C)c1nccc(N2CC(C(=O)N3CCCCC3)C2)n1. The van der Waals surface area contributed by atoms with Crippen LogP contribution < -0.4 is 4.90 Å². The molecule has 1 amide bonds. The van der Waals surface area contributed by atoms with Gasteiger partial charge >= 0.3 is 0 Å². The van der Waals surface area contributed by atoms with Crippen molar-refractivity contribution in [3.63, 3.8) is 0 Å². The van der Waals surface area contributed by atoms with Crippen molar-refractivity contribution in [3.8, 4) is 0 Å². The highest BCUT2D eigenvalue weighted by atomic mass is 16.2. The molecular formula is C17H26N4O. The molecule has 0 unspecified atom stereocenters. The van der Waals surface area contributed by atoms with Gasteiger partial charge in [0.05, 0.1) is 5.92 Å². The van der Waals surface area contributed by atoms with Crippen LogP contribution in [0.15, 0.2) is 12.3 Å². The van der Waals surface area contributed by atoms with E-state index in [0.717, 1.165) is 50.7 Å². The molecule has 0 atom stereocenters. The Bertz CT molecular complexity index is 540. The van der Waals surface area contributed by atoms with Crippen LogP contribution in [0.5, 0.6) is 0 Å². The molecule has 3 heterocycles. The number of amides is 1. The lowest BCUT2D eigenvalue weighted by Crippen LogP contribution is -2.55. The van der Waals surface area contributed by atoms with Gasteiger partial charge < -0.3 is 9.80 Å². The Morgan fingerprint density at radius 2 is 1.86 bits per heavy atom. The average molecular weight is 302 g/mol. The number of hydrogen-bond donors (Lipinski definition) is 0. The Labute approximate surface area is 132 Å². The van der Waals surface area contributed by atoms with Gasteiger partial charge in [0, 0.05) is 37.8 Å². The first-order valence-corrected chi connectivity index (χ1v) is 8.32. The molecule has 1 aromatic heterocycles. The van der Waals surface area contributed by atoms with Gasteiger partial charge in [-0.2, -0.15) is 0 Å². The zero-order valence-electron chi connectivity index (χ0n) is 13.9. The van der Waals surface area contributed by atoms with Crippen LogP contribution in [0.2, 0.25) is 0 Å². The van der Waals surface area contributed by atoms with Gasteiger partial charge in [-0.3, -0.25) is 4.79 Å². The molecule has 0 N–H and O–H groups in total. The predicted molar refractivity (Wildman–Crippen MR) is 86.9 cm³/mol. The van der Waals surface area contributed by atoms with E-state index in [2.05, 4.69) is 35.6 Å². The standard InChI is InChI=1S/C17H26N4O/c1-17(2,3)16-18-8-7-14(19-16)21-11-13(12-21)15(22)20-9-5-4-6-10-20/h7-8,13H,4-6,9-12H2,1-3H3. The maximum Gasteiger partial charge on any atom is 0.229 e. The zero-order chi connectivity index (χ0) is 15.7. The summed E-state index contributed by atoms with van der Waals surface area (Å²) in [7, 11) is 0. The minimum atomic E-state index is -0.0517. The Balaban J connectivity index is 1.60. The molecular weight excluding hydrogens is 276 g/mol. The fourth-order valence-corrected chi connectivity index (χ4v) is 3.08. The molecule has 0 bridgehead atoms. The molecule has 0 aliphatic carbocycles. The predicted octanol–water partition coefficient (Wildman–Crippen LogP) is 2.22. The van der Waals surface area contributed by atoms with Crippen LogP contribution in [0.25, 0.3) is 0 Å². The zero-order valence-corrected chi connectivity index (χ0v) is 13.9. The third kappa shape index (κ3) is 3.08. The Morgan fingerprint density at radius 1 is 1.18 bits per heavy atom. The summed E-state index contributed by atoms with van der Waals surface area (Å²) in [5, 5.41) is 0. The van der Waals surface area contributed by atoms with Crippen LogP contribution in [-0.4, -0.2) is 47.0 Å². The topological polar surface area (TPSA) is 49.3 Å². The number of hydrogen-bond acceptors (Lipinski definition) is 4. The molecule has 2 fully saturated rings. The summed E-state index contributed by atoms with van der Waals surface area (Å²) >= 11 is 0. The molecule has 0 spiro atoms. The van der Waals surface area contributed by atoms with Crippen molar-refractivity contribution >= 4 is 11.7 Å². The van der Waals surface area contributed by atoms with Crippen molar-refractivity contribution in [2.45, 2.75) is 45.4 Å². The summed E-state index contributed by atoms with van der Waals surface area (Å²) in [6, 6.07) is 1.94. The number of likely N-dealkylation sites (tertiary alicyclic amines) is 1. The van der Waals surface area contributed by atoms with E-state index in [1.54, 1.807) is 0 Å². The van der Waals surface area contributed by atoms with Crippen LogP contribution >= 0.6 is 0 Å². The van der Waals surface area contributed by atoms with Gasteiger partial charge in [0.15, 0.2) is 0 Å². The van der Waals surface area contributed by atoms with Crippen LogP contribution in [0, 0.1) is 5.92 Å². The average Bonchev–Trinajstić information content (AvgIpc) is 2.46. The highest BCUT2D eigenvalue weighted by Crippen LogP contribution is 2.27. The first-order chi connectivity index (χ1) is 10.4. The number of carbonyl (C=O) groups is 1. The second kappa shape index (κ2) is 5.86. The lowest BCUT2D eigenvalue weighted by Gasteiger charge is -2.42. The number of rotatable bonds is 2. The number of carbonyl (C=O) groups excluding carboxylic acids is 1.